The molecule has 0 aliphatic carbocycles. The average molecular weight is 354 g/mol. The Morgan fingerprint density at radius 3 is 2.65 bits per heavy atom. The van der Waals surface area contributed by atoms with Crippen molar-refractivity contribution in [3.8, 4) is 16.9 Å². The van der Waals surface area contributed by atoms with Crippen LogP contribution in [0.5, 0.6) is 5.75 Å². The Morgan fingerprint density at radius 1 is 1.27 bits per heavy atom. The molecule has 138 valence electrons. The van der Waals surface area contributed by atoms with E-state index >= 15 is 0 Å². The molecule has 2 aromatic rings. The second-order valence-corrected chi connectivity index (χ2v) is 6.78. The zero-order valence-corrected chi connectivity index (χ0v) is 15.4. The minimum atomic E-state index is 0.0169. The highest BCUT2D eigenvalue weighted by atomic mass is 16.5. The monoisotopic (exact) mass is 354 g/mol. The normalized spacial score (nSPS) is 14.2. The van der Waals surface area contributed by atoms with Crippen LogP contribution in [0.1, 0.15) is 18.1 Å². The molecule has 5 heteroatoms. The second kappa shape index (κ2) is 7.89. The quantitative estimate of drug-likeness (QED) is 0.835. The van der Waals surface area contributed by atoms with Crippen molar-refractivity contribution in [3.05, 3.63) is 47.5 Å². The summed E-state index contributed by atoms with van der Waals surface area (Å²) in [7, 11) is 1.65. The standard InChI is InChI=1S/C21H26N2O3/c1-14(25)23-8-7-18-10-16(3-5-20(18)23)17-4-6-21(26-2)19(11-17)9-15(12-22)13-24/h3-6,10-11,15,24H,7-9,12-13,22H2,1-2H3. The SMILES string of the molecule is COc1ccc(-c2ccc3c(c2)CCN3C(C)=O)cc1CC(CN)CO. The van der Waals surface area contributed by atoms with Crippen molar-refractivity contribution in [2.24, 2.45) is 11.7 Å². The fraction of sp³-hybridized carbons (Fsp3) is 0.381. The number of fused-ring (bicyclic) bond motifs is 1. The second-order valence-electron chi connectivity index (χ2n) is 6.78. The molecular formula is C21H26N2O3. The molecule has 1 aliphatic heterocycles. The number of ether oxygens (including phenoxy) is 1. The molecule has 0 saturated carbocycles. The highest BCUT2D eigenvalue weighted by molar-refractivity contribution is 5.94. The number of anilines is 1. The van der Waals surface area contributed by atoms with Crippen molar-refractivity contribution < 1.29 is 14.6 Å². The molecule has 0 aromatic heterocycles. The molecule has 1 aliphatic rings. The maximum absolute atomic E-state index is 11.7. The van der Waals surface area contributed by atoms with E-state index in [0.29, 0.717) is 13.0 Å². The van der Waals surface area contributed by atoms with Gasteiger partial charge in [0.2, 0.25) is 5.91 Å². The molecule has 1 atom stereocenters. The number of methoxy groups -OCH3 is 1. The molecule has 2 aromatic carbocycles. The summed E-state index contributed by atoms with van der Waals surface area (Å²) >= 11 is 0. The molecule has 1 amide bonds. The number of aliphatic hydroxyl groups excluding tert-OH is 1. The maximum atomic E-state index is 11.7. The van der Waals surface area contributed by atoms with Gasteiger partial charge in [-0.25, -0.2) is 0 Å². The Balaban J connectivity index is 1.93. The lowest BCUT2D eigenvalue weighted by molar-refractivity contribution is -0.116. The van der Waals surface area contributed by atoms with E-state index in [9.17, 15) is 9.90 Å². The van der Waals surface area contributed by atoms with E-state index in [0.717, 1.165) is 41.1 Å². The van der Waals surface area contributed by atoms with Crippen LogP contribution in [0.4, 0.5) is 5.69 Å². The van der Waals surface area contributed by atoms with Crippen LogP contribution in [0.2, 0.25) is 0 Å². The van der Waals surface area contributed by atoms with Crippen molar-refractivity contribution in [2.45, 2.75) is 19.8 Å². The fourth-order valence-corrected chi connectivity index (χ4v) is 3.56. The van der Waals surface area contributed by atoms with Crippen molar-refractivity contribution in [1.82, 2.24) is 0 Å². The van der Waals surface area contributed by atoms with Gasteiger partial charge in [0.15, 0.2) is 0 Å². The summed E-state index contributed by atoms with van der Waals surface area (Å²) in [6.45, 7) is 2.84. The smallest absolute Gasteiger partial charge is 0.223 e. The van der Waals surface area contributed by atoms with Crippen LogP contribution >= 0.6 is 0 Å². The summed E-state index contributed by atoms with van der Waals surface area (Å²) in [5.41, 5.74) is 11.2. The van der Waals surface area contributed by atoms with E-state index in [1.807, 2.05) is 23.1 Å². The Hall–Kier alpha value is -2.37. The molecule has 0 spiro atoms. The molecule has 0 saturated heterocycles. The van der Waals surface area contributed by atoms with Crippen LogP contribution in [-0.2, 0) is 17.6 Å². The lowest BCUT2D eigenvalue weighted by Gasteiger charge is -2.17. The molecule has 0 bridgehead atoms. The number of carbonyl (C=O) groups excluding carboxylic acids is 1. The first-order valence-electron chi connectivity index (χ1n) is 8.96. The molecular weight excluding hydrogens is 328 g/mol. The zero-order chi connectivity index (χ0) is 18.7. The molecule has 0 radical (unpaired) electrons. The van der Waals surface area contributed by atoms with Crippen LogP contribution in [-0.4, -0.2) is 37.8 Å². The number of hydrogen-bond acceptors (Lipinski definition) is 4. The van der Waals surface area contributed by atoms with E-state index in [-0.39, 0.29) is 18.4 Å². The van der Waals surface area contributed by atoms with Crippen LogP contribution < -0.4 is 15.4 Å². The maximum Gasteiger partial charge on any atom is 0.223 e. The van der Waals surface area contributed by atoms with E-state index in [2.05, 4.69) is 18.2 Å². The van der Waals surface area contributed by atoms with Gasteiger partial charge >= 0.3 is 0 Å². The predicted octanol–water partition coefficient (Wildman–Crippen LogP) is 2.38. The van der Waals surface area contributed by atoms with Crippen molar-refractivity contribution in [2.75, 3.05) is 31.7 Å². The predicted molar refractivity (Wildman–Crippen MR) is 103 cm³/mol. The lowest BCUT2D eigenvalue weighted by atomic mass is 9.94. The number of benzene rings is 2. The summed E-state index contributed by atoms with van der Waals surface area (Å²) in [6.07, 6.45) is 1.55. The highest BCUT2D eigenvalue weighted by Gasteiger charge is 2.22. The topological polar surface area (TPSA) is 75.8 Å². The summed E-state index contributed by atoms with van der Waals surface area (Å²) in [5.74, 6) is 0.910. The first-order valence-corrected chi connectivity index (χ1v) is 8.96. The third-order valence-corrected chi connectivity index (χ3v) is 5.07. The molecule has 0 fully saturated rings. The van der Waals surface area contributed by atoms with Crippen molar-refractivity contribution >= 4 is 11.6 Å². The Morgan fingerprint density at radius 2 is 2.00 bits per heavy atom. The average Bonchev–Trinajstić information content (AvgIpc) is 3.09. The van der Waals surface area contributed by atoms with Gasteiger partial charge in [0.25, 0.3) is 0 Å². The van der Waals surface area contributed by atoms with Crippen molar-refractivity contribution in [3.63, 3.8) is 0 Å². The minimum Gasteiger partial charge on any atom is -0.496 e. The van der Waals surface area contributed by atoms with E-state index < -0.39 is 0 Å². The van der Waals surface area contributed by atoms with Crippen LogP contribution in [0.15, 0.2) is 36.4 Å². The zero-order valence-electron chi connectivity index (χ0n) is 15.4. The van der Waals surface area contributed by atoms with Crippen LogP contribution in [0.25, 0.3) is 11.1 Å². The highest BCUT2D eigenvalue weighted by Crippen LogP contribution is 2.34. The Kier molecular flexibility index (Phi) is 5.59. The molecule has 3 rings (SSSR count). The van der Waals surface area contributed by atoms with Crippen LogP contribution in [0.3, 0.4) is 0 Å². The van der Waals surface area contributed by atoms with E-state index in [1.54, 1.807) is 14.0 Å². The summed E-state index contributed by atoms with van der Waals surface area (Å²) in [6, 6.07) is 12.4. The fourth-order valence-electron chi connectivity index (χ4n) is 3.56. The number of carbonyl (C=O) groups is 1. The molecule has 5 nitrogen and oxygen atoms in total. The molecule has 1 heterocycles. The minimum absolute atomic E-state index is 0.0169. The number of hydrogen-bond donors (Lipinski definition) is 2. The van der Waals surface area contributed by atoms with Gasteiger partial charge in [-0.15, -0.1) is 0 Å². The third kappa shape index (κ3) is 3.59. The Labute approximate surface area is 154 Å². The summed E-state index contributed by atoms with van der Waals surface area (Å²) in [4.78, 5) is 13.5. The first kappa shape index (κ1) is 18.4. The number of nitrogens with zero attached hydrogens (tertiary/aromatic N) is 1. The summed E-state index contributed by atoms with van der Waals surface area (Å²) in [5, 5.41) is 9.46. The first-order chi connectivity index (χ1) is 12.6. The van der Waals surface area contributed by atoms with Crippen LogP contribution in [0, 0.1) is 5.92 Å². The van der Waals surface area contributed by atoms with Gasteiger partial charge in [-0.05, 0) is 71.8 Å². The molecule has 1 unspecified atom stereocenters. The molecule has 3 N–H and O–H groups in total. The lowest BCUT2D eigenvalue weighted by Crippen LogP contribution is -2.25. The van der Waals surface area contributed by atoms with Gasteiger partial charge in [-0.2, -0.15) is 0 Å². The van der Waals surface area contributed by atoms with Gasteiger partial charge in [0, 0.05) is 25.8 Å². The van der Waals surface area contributed by atoms with E-state index in [1.165, 1.54) is 5.56 Å². The van der Waals surface area contributed by atoms with Gasteiger partial charge < -0.3 is 20.5 Å². The van der Waals surface area contributed by atoms with Gasteiger partial charge in [0.1, 0.15) is 5.75 Å². The van der Waals surface area contributed by atoms with Gasteiger partial charge in [-0.1, -0.05) is 12.1 Å². The third-order valence-electron chi connectivity index (χ3n) is 5.07. The number of nitrogens with two attached hydrogens (primary N) is 1. The largest absolute Gasteiger partial charge is 0.496 e. The molecule has 26 heavy (non-hydrogen) atoms. The number of amides is 1. The van der Waals surface area contributed by atoms with Crippen molar-refractivity contribution in [1.29, 1.82) is 0 Å². The number of rotatable bonds is 6. The van der Waals surface area contributed by atoms with Gasteiger partial charge in [0.05, 0.1) is 7.11 Å². The van der Waals surface area contributed by atoms with Gasteiger partial charge in [-0.3, -0.25) is 4.79 Å². The summed E-state index contributed by atoms with van der Waals surface area (Å²) < 4.78 is 5.47. The Bertz CT molecular complexity index is 800. The number of aliphatic hydroxyl groups is 1. The van der Waals surface area contributed by atoms with E-state index in [4.69, 9.17) is 10.5 Å².